The number of carbonyl (C=O) groups excluding carboxylic acids is 1. The zero-order valence-corrected chi connectivity index (χ0v) is 16.0. The van der Waals surface area contributed by atoms with Gasteiger partial charge in [-0.2, -0.15) is 0 Å². The second kappa shape index (κ2) is 9.09. The van der Waals surface area contributed by atoms with Gasteiger partial charge in [0.1, 0.15) is 5.75 Å². The van der Waals surface area contributed by atoms with E-state index in [2.05, 4.69) is 25.1 Å². The van der Waals surface area contributed by atoms with E-state index in [4.69, 9.17) is 16.3 Å². The number of unbranched alkanes of at least 4 members (excludes halogenated alkanes) is 1. The molecule has 130 valence electrons. The number of ether oxygens (including phenoxy) is 1. The minimum atomic E-state index is 0.159. The van der Waals surface area contributed by atoms with E-state index in [-0.39, 0.29) is 5.91 Å². The molecule has 0 aliphatic carbocycles. The van der Waals surface area contributed by atoms with Gasteiger partial charge in [-0.25, -0.2) is 0 Å². The average molecular weight is 366 g/mol. The molecule has 0 N–H and O–H groups in total. The molecule has 0 fully saturated rings. The van der Waals surface area contributed by atoms with Gasteiger partial charge in [0.05, 0.1) is 17.5 Å². The fourth-order valence-corrected chi connectivity index (χ4v) is 3.51. The summed E-state index contributed by atoms with van der Waals surface area (Å²) in [4.78, 5) is 15.0. The number of thiophene rings is 1. The average Bonchev–Trinajstić information content (AvgIpc) is 2.95. The Labute approximate surface area is 153 Å². The van der Waals surface area contributed by atoms with Crippen molar-refractivity contribution in [1.29, 1.82) is 0 Å². The Morgan fingerprint density at radius 3 is 2.71 bits per heavy atom. The molecular formula is C19H24ClNO2S. The molecule has 3 nitrogen and oxygen atoms in total. The van der Waals surface area contributed by atoms with Crippen molar-refractivity contribution in [3.8, 4) is 5.75 Å². The molecule has 1 heterocycles. The van der Waals surface area contributed by atoms with Crippen molar-refractivity contribution in [1.82, 2.24) is 4.90 Å². The summed E-state index contributed by atoms with van der Waals surface area (Å²) in [5.74, 6) is 1.10. The van der Waals surface area contributed by atoms with Crippen molar-refractivity contribution in [2.45, 2.75) is 39.7 Å². The highest BCUT2D eigenvalue weighted by atomic mass is 35.5. The minimum absolute atomic E-state index is 0.159. The SMILES string of the molecule is Cc1ccc(C)c(OCCCCC(=O)N(C)Cc2ccc(Cl)s2)c1. The van der Waals surface area contributed by atoms with Gasteiger partial charge in [0.2, 0.25) is 5.91 Å². The summed E-state index contributed by atoms with van der Waals surface area (Å²) in [5, 5.41) is 0. The molecule has 2 rings (SSSR count). The fraction of sp³-hybridized carbons (Fsp3) is 0.421. The highest BCUT2D eigenvalue weighted by molar-refractivity contribution is 7.16. The molecule has 0 atom stereocenters. The van der Waals surface area contributed by atoms with Crippen LogP contribution in [0.25, 0.3) is 0 Å². The smallest absolute Gasteiger partial charge is 0.222 e. The first kappa shape index (κ1) is 18.8. The second-order valence-corrected chi connectivity index (χ2v) is 7.83. The topological polar surface area (TPSA) is 29.5 Å². The first-order chi connectivity index (χ1) is 11.5. The predicted molar refractivity (Wildman–Crippen MR) is 101 cm³/mol. The highest BCUT2D eigenvalue weighted by Gasteiger charge is 2.10. The Balaban J connectivity index is 1.66. The van der Waals surface area contributed by atoms with Crippen LogP contribution in [0.1, 0.15) is 35.3 Å². The normalized spacial score (nSPS) is 10.7. The molecule has 2 aromatic rings. The molecule has 1 aromatic carbocycles. The lowest BCUT2D eigenvalue weighted by Crippen LogP contribution is -2.25. The van der Waals surface area contributed by atoms with E-state index in [1.807, 2.05) is 26.1 Å². The maximum atomic E-state index is 12.1. The molecular weight excluding hydrogens is 342 g/mol. The van der Waals surface area contributed by atoms with Gasteiger partial charge < -0.3 is 9.64 Å². The summed E-state index contributed by atoms with van der Waals surface area (Å²) in [6.07, 6.45) is 2.25. The maximum absolute atomic E-state index is 12.1. The first-order valence-electron chi connectivity index (χ1n) is 8.14. The Hall–Kier alpha value is -1.52. The van der Waals surface area contributed by atoms with Crippen molar-refractivity contribution in [3.05, 3.63) is 50.7 Å². The van der Waals surface area contributed by atoms with Gasteiger partial charge in [-0.1, -0.05) is 23.7 Å². The number of hydrogen-bond donors (Lipinski definition) is 0. The first-order valence-corrected chi connectivity index (χ1v) is 9.33. The Morgan fingerprint density at radius 2 is 2.00 bits per heavy atom. The fourth-order valence-electron chi connectivity index (χ4n) is 2.37. The van der Waals surface area contributed by atoms with Crippen LogP contribution in [0.5, 0.6) is 5.75 Å². The number of amides is 1. The van der Waals surface area contributed by atoms with E-state index in [0.29, 0.717) is 19.6 Å². The minimum Gasteiger partial charge on any atom is -0.493 e. The molecule has 0 bridgehead atoms. The van der Waals surface area contributed by atoms with E-state index in [9.17, 15) is 4.79 Å². The predicted octanol–water partition coefficient (Wildman–Crippen LogP) is 5.23. The van der Waals surface area contributed by atoms with E-state index in [0.717, 1.165) is 33.4 Å². The molecule has 0 unspecified atom stereocenters. The summed E-state index contributed by atoms with van der Waals surface area (Å²) in [7, 11) is 1.84. The third-order valence-electron chi connectivity index (χ3n) is 3.83. The van der Waals surface area contributed by atoms with Gasteiger partial charge in [0, 0.05) is 18.3 Å². The molecule has 1 aromatic heterocycles. The Kier molecular flexibility index (Phi) is 7.13. The van der Waals surface area contributed by atoms with Crippen LogP contribution in [0.15, 0.2) is 30.3 Å². The molecule has 5 heteroatoms. The van der Waals surface area contributed by atoms with E-state index in [1.54, 1.807) is 4.90 Å². The van der Waals surface area contributed by atoms with Crippen molar-refractivity contribution in [3.63, 3.8) is 0 Å². The van der Waals surface area contributed by atoms with E-state index >= 15 is 0 Å². The van der Waals surface area contributed by atoms with Crippen LogP contribution in [0.2, 0.25) is 4.34 Å². The summed E-state index contributed by atoms with van der Waals surface area (Å²) in [6.45, 7) is 5.36. The third-order valence-corrected chi connectivity index (χ3v) is 5.05. The van der Waals surface area contributed by atoms with Gasteiger partial charge in [-0.05, 0) is 56.0 Å². The van der Waals surface area contributed by atoms with Crippen molar-refractivity contribution in [2.75, 3.05) is 13.7 Å². The molecule has 1 amide bonds. The molecule has 0 radical (unpaired) electrons. The molecule has 24 heavy (non-hydrogen) atoms. The summed E-state index contributed by atoms with van der Waals surface area (Å²) in [5.41, 5.74) is 2.34. The zero-order chi connectivity index (χ0) is 17.5. The van der Waals surface area contributed by atoms with Gasteiger partial charge in [0.25, 0.3) is 0 Å². The number of benzene rings is 1. The van der Waals surface area contributed by atoms with Crippen LogP contribution in [0, 0.1) is 13.8 Å². The third kappa shape index (κ3) is 5.84. The van der Waals surface area contributed by atoms with Crippen LogP contribution in [0.4, 0.5) is 0 Å². The lowest BCUT2D eigenvalue weighted by Gasteiger charge is -2.16. The van der Waals surface area contributed by atoms with Gasteiger partial charge in [-0.3, -0.25) is 4.79 Å². The Morgan fingerprint density at radius 1 is 1.21 bits per heavy atom. The standard InChI is InChI=1S/C19H24ClNO2S/c1-14-7-8-15(2)17(12-14)23-11-5-4-6-19(22)21(3)13-16-9-10-18(20)24-16/h7-10,12H,4-6,11,13H2,1-3H3. The van der Waals surface area contributed by atoms with Crippen molar-refractivity contribution in [2.24, 2.45) is 0 Å². The number of carbonyl (C=O) groups is 1. The largest absolute Gasteiger partial charge is 0.493 e. The summed E-state index contributed by atoms with van der Waals surface area (Å²) < 4.78 is 6.58. The van der Waals surface area contributed by atoms with Crippen molar-refractivity contribution >= 4 is 28.8 Å². The molecule has 0 saturated heterocycles. The van der Waals surface area contributed by atoms with E-state index in [1.165, 1.54) is 16.9 Å². The number of hydrogen-bond acceptors (Lipinski definition) is 3. The molecule has 0 aliphatic rings. The number of nitrogens with zero attached hydrogens (tertiary/aromatic N) is 1. The van der Waals surface area contributed by atoms with Gasteiger partial charge in [-0.15, -0.1) is 11.3 Å². The second-order valence-electron chi connectivity index (χ2n) is 6.03. The Bertz CT molecular complexity index is 684. The van der Waals surface area contributed by atoms with Crippen LogP contribution in [0.3, 0.4) is 0 Å². The molecule has 0 saturated carbocycles. The molecule has 0 aliphatic heterocycles. The van der Waals surface area contributed by atoms with Crippen LogP contribution < -0.4 is 4.74 Å². The van der Waals surface area contributed by atoms with Crippen LogP contribution >= 0.6 is 22.9 Å². The number of aryl methyl sites for hydroxylation is 2. The summed E-state index contributed by atoms with van der Waals surface area (Å²) in [6, 6.07) is 10.0. The van der Waals surface area contributed by atoms with Crippen LogP contribution in [-0.2, 0) is 11.3 Å². The van der Waals surface area contributed by atoms with Crippen LogP contribution in [-0.4, -0.2) is 24.5 Å². The molecule has 0 spiro atoms. The maximum Gasteiger partial charge on any atom is 0.222 e. The monoisotopic (exact) mass is 365 g/mol. The lowest BCUT2D eigenvalue weighted by atomic mass is 10.1. The summed E-state index contributed by atoms with van der Waals surface area (Å²) >= 11 is 7.43. The zero-order valence-electron chi connectivity index (χ0n) is 14.5. The van der Waals surface area contributed by atoms with Gasteiger partial charge >= 0.3 is 0 Å². The van der Waals surface area contributed by atoms with E-state index < -0.39 is 0 Å². The highest BCUT2D eigenvalue weighted by Crippen LogP contribution is 2.23. The quantitative estimate of drug-likeness (QED) is 0.600. The number of rotatable bonds is 8. The van der Waals surface area contributed by atoms with Gasteiger partial charge in [0.15, 0.2) is 0 Å². The number of halogens is 1. The lowest BCUT2D eigenvalue weighted by molar-refractivity contribution is -0.130. The van der Waals surface area contributed by atoms with Crippen molar-refractivity contribution < 1.29 is 9.53 Å².